The van der Waals surface area contributed by atoms with Crippen molar-refractivity contribution < 1.29 is 18.3 Å². The highest BCUT2D eigenvalue weighted by Gasteiger charge is 2.19. The molecule has 0 unspecified atom stereocenters. The van der Waals surface area contributed by atoms with Crippen molar-refractivity contribution in [3.8, 4) is 5.75 Å². The molecule has 6 nitrogen and oxygen atoms in total. The predicted molar refractivity (Wildman–Crippen MR) is 81.9 cm³/mol. The third-order valence-corrected chi connectivity index (χ3v) is 4.84. The number of hydrogen-bond donors (Lipinski definition) is 2. The van der Waals surface area contributed by atoms with E-state index in [2.05, 4.69) is 9.62 Å². The van der Waals surface area contributed by atoms with Gasteiger partial charge in [0.2, 0.25) is 10.0 Å². The van der Waals surface area contributed by atoms with Crippen molar-refractivity contribution in [2.75, 3.05) is 27.2 Å². The number of rotatable bonds is 8. The van der Waals surface area contributed by atoms with Gasteiger partial charge in [0.1, 0.15) is 10.6 Å². The van der Waals surface area contributed by atoms with Gasteiger partial charge in [-0.25, -0.2) is 13.1 Å². The topological polar surface area (TPSA) is 78.9 Å². The van der Waals surface area contributed by atoms with Crippen LogP contribution in [-0.4, -0.2) is 51.7 Å². The van der Waals surface area contributed by atoms with Gasteiger partial charge in [-0.1, -0.05) is 6.07 Å². The quantitative estimate of drug-likeness (QED) is 0.742. The number of aliphatic hydroxyl groups excluding tert-OH is 1. The van der Waals surface area contributed by atoms with Gasteiger partial charge in [-0.05, 0) is 38.6 Å². The van der Waals surface area contributed by atoms with Crippen LogP contribution in [0.25, 0.3) is 0 Å². The fourth-order valence-electron chi connectivity index (χ4n) is 1.72. The van der Waals surface area contributed by atoms with Crippen LogP contribution >= 0.6 is 0 Å². The number of ether oxygens (including phenoxy) is 1. The number of methoxy groups -OCH3 is 1. The number of benzene rings is 1. The zero-order valence-electron chi connectivity index (χ0n) is 13.0. The molecule has 1 rings (SSSR count). The molecular weight excluding hydrogens is 292 g/mol. The highest BCUT2D eigenvalue weighted by atomic mass is 32.2. The van der Waals surface area contributed by atoms with E-state index < -0.39 is 10.0 Å². The molecule has 0 fully saturated rings. The lowest BCUT2D eigenvalue weighted by Gasteiger charge is -2.21. The monoisotopic (exact) mass is 316 g/mol. The van der Waals surface area contributed by atoms with E-state index in [9.17, 15) is 8.42 Å². The Morgan fingerprint density at radius 3 is 2.57 bits per heavy atom. The molecule has 0 spiro atoms. The largest absolute Gasteiger partial charge is 0.495 e. The molecule has 0 radical (unpaired) electrons. The number of nitrogens with one attached hydrogen (secondary N) is 1. The second kappa shape index (κ2) is 7.74. The maximum absolute atomic E-state index is 12.3. The lowest BCUT2D eigenvalue weighted by Crippen LogP contribution is -2.36. The molecule has 0 atom stereocenters. The zero-order valence-corrected chi connectivity index (χ0v) is 13.8. The van der Waals surface area contributed by atoms with Gasteiger partial charge in [-0.15, -0.1) is 0 Å². The first-order valence-electron chi connectivity index (χ1n) is 6.79. The summed E-state index contributed by atoms with van der Waals surface area (Å²) in [6.07, 6.45) is 0. The van der Waals surface area contributed by atoms with Gasteiger partial charge in [0.25, 0.3) is 0 Å². The Bertz CT molecular complexity index is 558. The van der Waals surface area contributed by atoms with Crippen molar-refractivity contribution in [3.63, 3.8) is 0 Å². The Balaban J connectivity index is 2.83. The fourth-order valence-corrected chi connectivity index (χ4v) is 2.89. The summed E-state index contributed by atoms with van der Waals surface area (Å²) in [5.74, 6) is 0.228. The number of sulfonamides is 1. The smallest absolute Gasteiger partial charge is 0.244 e. The number of likely N-dealkylation sites (N-methyl/N-ethyl adjacent to an activating group) is 1. The van der Waals surface area contributed by atoms with Gasteiger partial charge in [-0.2, -0.15) is 0 Å². The highest BCUT2D eigenvalue weighted by molar-refractivity contribution is 7.89. The van der Waals surface area contributed by atoms with Crippen molar-refractivity contribution >= 4 is 10.0 Å². The van der Waals surface area contributed by atoms with Gasteiger partial charge >= 0.3 is 0 Å². The van der Waals surface area contributed by atoms with E-state index in [1.54, 1.807) is 6.07 Å². The summed E-state index contributed by atoms with van der Waals surface area (Å²) in [5, 5.41) is 9.08. The molecule has 21 heavy (non-hydrogen) atoms. The molecular formula is C14H24N2O4S. The van der Waals surface area contributed by atoms with Crippen LogP contribution in [-0.2, 0) is 16.6 Å². The van der Waals surface area contributed by atoms with Gasteiger partial charge in [0.05, 0.1) is 13.7 Å². The minimum atomic E-state index is -3.63. The Kier molecular flexibility index (Phi) is 6.60. The Morgan fingerprint density at radius 1 is 1.38 bits per heavy atom. The molecule has 2 N–H and O–H groups in total. The van der Waals surface area contributed by atoms with Gasteiger partial charge in [-0.3, -0.25) is 0 Å². The molecule has 1 aromatic rings. The van der Waals surface area contributed by atoms with Crippen LogP contribution in [0.3, 0.4) is 0 Å². The number of hydrogen-bond acceptors (Lipinski definition) is 5. The summed E-state index contributed by atoms with van der Waals surface area (Å²) < 4.78 is 32.2. The van der Waals surface area contributed by atoms with Crippen LogP contribution in [0, 0.1) is 0 Å². The van der Waals surface area contributed by atoms with E-state index in [4.69, 9.17) is 9.84 Å². The third kappa shape index (κ3) is 4.96. The van der Waals surface area contributed by atoms with E-state index in [1.165, 1.54) is 19.2 Å². The second-order valence-corrected chi connectivity index (χ2v) is 6.85. The minimum Gasteiger partial charge on any atom is -0.495 e. The van der Waals surface area contributed by atoms with Crippen LogP contribution < -0.4 is 9.46 Å². The van der Waals surface area contributed by atoms with Crippen LogP contribution in [0.5, 0.6) is 5.75 Å². The Hall–Kier alpha value is -1.15. The lowest BCUT2D eigenvalue weighted by atomic mass is 10.2. The molecule has 0 aliphatic heterocycles. The average molecular weight is 316 g/mol. The van der Waals surface area contributed by atoms with Crippen molar-refractivity contribution in [1.82, 2.24) is 9.62 Å². The van der Waals surface area contributed by atoms with Crippen LogP contribution in [0.2, 0.25) is 0 Å². The first kappa shape index (κ1) is 17.9. The van der Waals surface area contributed by atoms with Crippen molar-refractivity contribution in [1.29, 1.82) is 0 Å². The summed E-state index contributed by atoms with van der Waals surface area (Å²) in [6.45, 7) is 4.87. The van der Waals surface area contributed by atoms with Crippen molar-refractivity contribution in [3.05, 3.63) is 23.8 Å². The minimum absolute atomic E-state index is 0.0781. The van der Waals surface area contributed by atoms with E-state index in [1.807, 2.05) is 20.9 Å². The number of aliphatic hydroxyl groups is 1. The predicted octanol–water partition coefficient (Wildman–Crippen LogP) is 0.806. The van der Waals surface area contributed by atoms with Crippen molar-refractivity contribution in [2.45, 2.75) is 31.4 Å². The standard InChI is InChI=1S/C14H24N2O4S/c1-11(2)16(3)8-7-15-21(18,19)14-6-5-12(10-17)9-13(14)20-4/h5-6,9,11,15,17H,7-8,10H2,1-4H3. The van der Waals surface area contributed by atoms with Gasteiger partial charge < -0.3 is 14.7 Å². The molecule has 0 heterocycles. The highest BCUT2D eigenvalue weighted by Crippen LogP contribution is 2.24. The average Bonchev–Trinajstić information content (AvgIpc) is 2.45. The summed E-state index contributed by atoms with van der Waals surface area (Å²) >= 11 is 0. The second-order valence-electron chi connectivity index (χ2n) is 5.12. The summed E-state index contributed by atoms with van der Waals surface area (Å²) in [5.41, 5.74) is 0.602. The van der Waals surface area contributed by atoms with E-state index >= 15 is 0 Å². The fraction of sp³-hybridized carbons (Fsp3) is 0.571. The summed E-state index contributed by atoms with van der Waals surface area (Å²) in [7, 11) is -0.288. The molecule has 7 heteroatoms. The molecule has 0 amide bonds. The van der Waals surface area contributed by atoms with E-state index in [0.29, 0.717) is 24.7 Å². The van der Waals surface area contributed by atoms with Crippen LogP contribution in [0.4, 0.5) is 0 Å². The molecule has 0 aromatic heterocycles. The maximum Gasteiger partial charge on any atom is 0.244 e. The lowest BCUT2D eigenvalue weighted by molar-refractivity contribution is 0.278. The van der Waals surface area contributed by atoms with Crippen LogP contribution in [0.15, 0.2) is 23.1 Å². The molecule has 0 saturated carbocycles. The normalized spacial score (nSPS) is 12.1. The summed E-state index contributed by atoms with van der Waals surface area (Å²) in [4.78, 5) is 2.13. The van der Waals surface area contributed by atoms with Crippen LogP contribution in [0.1, 0.15) is 19.4 Å². The zero-order chi connectivity index (χ0) is 16.0. The number of nitrogens with zero attached hydrogens (tertiary/aromatic N) is 1. The third-order valence-electron chi connectivity index (χ3n) is 3.34. The SMILES string of the molecule is COc1cc(CO)ccc1S(=O)(=O)NCCN(C)C(C)C. The first-order chi connectivity index (χ1) is 9.81. The van der Waals surface area contributed by atoms with E-state index in [-0.39, 0.29) is 17.3 Å². The van der Waals surface area contributed by atoms with Crippen molar-refractivity contribution in [2.24, 2.45) is 0 Å². The molecule has 1 aromatic carbocycles. The first-order valence-corrected chi connectivity index (χ1v) is 8.27. The van der Waals surface area contributed by atoms with Gasteiger partial charge in [0, 0.05) is 19.1 Å². The molecule has 0 saturated heterocycles. The molecule has 0 aliphatic rings. The maximum atomic E-state index is 12.3. The molecule has 120 valence electrons. The molecule has 0 aliphatic carbocycles. The van der Waals surface area contributed by atoms with E-state index in [0.717, 1.165) is 0 Å². The van der Waals surface area contributed by atoms with Gasteiger partial charge in [0.15, 0.2) is 0 Å². The summed E-state index contributed by atoms with van der Waals surface area (Å²) in [6, 6.07) is 4.89. The Morgan fingerprint density at radius 2 is 2.05 bits per heavy atom. The molecule has 0 bridgehead atoms. The Labute approximate surface area is 126 Å².